The van der Waals surface area contributed by atoms with Crippen molar-refractivity contribution in [2.24, 2.45) is 0 Å². The Labute approximate surface area is 114 Å². The minimum Gasteiger partial charge on any atom is -0.371 e. The van der Waals surface area contributed by atoms with Crippen LogP contribution in [0.1, 0.15) is 36.2 Å². The van der Waals surface area contributed by atoms with E-state index in [2.05, 4.69) is 21.8 Å². The second kappa shape index (κ2) is 6.92. The SMILES string of the molecule is C=CCNC(=O)c1cc(N2CCCCCC2)ccn1. The van der Waals surface area contributed by atoms with Crippen LogP contribution in [0.15, 0.2) is 31.0 Å². The maximum atomic E-state index is 11.9. The molecule has 1 saturated heterocycles. The molecule has 0 spiro atoms. The Hall–Kier alpha value is -1.84. The number of carbonyl (C=O) groups is 1. The van der Waals surface area contributed by atoms with Crippen molar-refractivity contribution in [1.82, 2.24) is 10.3 Å². The molecule has 1 fully saturated rings. The third-order valence-electron chi connectivity index (χ3n) is 3.35. The van der Waals surface area contributed by atoms with Crippen molar-refractivity contribution in [2.75, 3.05) is 24.5 Å². The van der Waals surface area contributed by atoms with E-state index in [1.807, 2.05) is 12.1 Å². The van der Waals surface area contributed by atoms with Crippen LogP contribution in [0.25, 0.3) is 0 Å². The molecule has 1 N–H and O–H groups in total. The second-order valence-corrected chi connectivity index (χ2v) is 4.80. The number of anilines is 1. The molecule has 19 heavy (non-hydrogen) atoms. The number of aromatic nitrogens is 1. The summed E-state index contributed by atoms with van der Waals surface area (Å²) in [6.07, 6.45) is 8.42. The van der Waals surface area contributed by atoms with Gasteiger partial charge in [-0.2, -0.15) is 0 Å². The summed E-state index contributed by atoms with van der Waals surface area (Å²) in [5.41, 5.74) is 1.57. The van der Waals surface area contributed by atoms with Crippen LogP contribution in [0.2, 0.25) is 0 Å². The topological polar surface area (TPSA) is 45.2 Å². The van der Waals surface area contributed by atoms with E-state index in [1.165, 1.54) is 25.7 Å². The molecule has 102 valence electrons. The van der Waals surface area contributed by atoms with Crippen molar-refractivity contribution >= 4 is 11.6 Å². The van der Waals surface area contributed by atoms with Crippen LogP contribution in [0.4, 0.5) is 5.69 Å². The molecule has 0 bridgehead atoms. The maximum absolute atomic E-state index is 11.9. The number of amides is 1. The molecule has 0 atom stereocenters. The lowest BCUT2D eigenvalue weighted by molar-refractivity contribution is 0.0953. The Morgan fingerprint density at radius 1 is 1.37 bits per heavy atom. The summed E-state index contributed by atoms with van der Waals surface area (Å²) in [5, 5.41) is 2.75. The number of nitrogens with zero attached hydrogens (tertiary/aromatic N) is 2. The molecule has 1 amide bonds. The van der Waals surface area contributed by atoms with Crippen LogP contribution in [0.5, 0.6) is 0 Å². The zero-order valence-electron chi connectivity index (χ0n) is 11.3. The van der Waals surface area contributed by atoms with Crippen LogP contribution in [0.3, 0.4) is 0 Å². The highest BCUT2D eigenvalue weighted by molar-refractivity contribution is 5.93. The van der Waals surface area contributed by atoms with Crippen molar-refractivity contribution in [3.8, 4) is 0 Å². The normalized spacial score (nSPS) is 15.7. The predicted molar refractivity (Wildman–Crippen MR) is 77.4 cm³/mol. The highest BCUT2D eigenvalue weighted by Gasteiger charge is 2.12. The molecule has 0 radical (unpaired) electrons. The van der Waals surface area contributed by atoms with Gasteiger partial charge in [0.1, 0.15) is 5.69 Å². The van der Waals surface area contributed by atoms with Gasteiger partial charge in [-0.25, -0.2) is 0 Å². The molecule has 1 aliphatic rings. The van der Waals surface area contributed by atoms with Gasteiger partial charge in [0.15, 0.2) is 0 Å². The van der Waals surface area contributed by atoms with Crippen molar-refractivity contribution in [3.05, 3.63) is 36.7 Å². The summed E-state index contributed by atoms with van der Waals surface area (Å²) in [4.78, 5) is 18.4. The smallest absolute Gasteiger partial charge is 0.270 e. The number of nitrogens with one attached hydrogen (secondary N) is 1. The lowest BCUT2D eigenvalue weighted by Crippen LogP contribution is -2.26. The van der Waals surface area contributed by atoms with Crippen molar-refractivity contribution in [1.29, 1.82) is 0 Å². The van der Waals surface area contributed by atoms with E-state index >= 15 is 0 Å². The van der Waals surface area contributed by atoms with Gasteiger partial charge in [0, 0.05) is 31.5 Å². The zero-order chi connectivity index (χ0) is 13.5. The molecule has 4 heteroatoms. The molecule has 4 nitrogen and oxygen atoms in total. The quantitative estimate of drug-likeness (QED) is 0.844. The number of rotatable bonds is 4. The van der Waals surface area contributed by atoms with Gasteiger partial charge in [-0.05, 0) is 25.0 Å². The molecular formula is C15H21N3O. The van der Waals surface area contributed by atoms with Gasteiger partial charge in [-0.3, -0.25) is 9.78 Å². The van der Waals surface area contributed by atoms with Crippen LogP contribution < -0.4 is 10.2 Å². The lowest BCUT2D eigenvalue weighted by atomic mass is 10.2. The van der Waals surface area contributed by atoms with E-state index in [1.54, 1.807) is 12.3 Å². The summed E-state index contributed by atoms with van der Waals surface area (Å²) in [7, 11) is 0. The molecule has 2 heterocycles. The van der Waals surface area contributed by atoms with Gasteiger partial charge < -0.3 is 10.2 Å². The molecule has 0 aliphatic carbocycles. The van der Waals surface area contributed by atoms with Crippen LogP contribution in [0, 0.1) is 0 Å². The van der Waals surface area contributed by atoms with Crippen LogP contribution in [-0.2, 0) is 0 Å². The summed E-state index contributed by atoms with van der Waals surface area (Å²) in [5.74, 6) is -0.142. The highest BCUT2D eigenvalue weighted by atomic mass is 16.1. The van der Waals surface area contributed by atoms with Crippen LogP contribution >= 0.6 is 0 Å². The van der Waals surface area contributed by atoms with Crippen molar-refractivity contribution in [2.45, 2.75) is 25.7 Å². The average molecular weight is 259 g/mol. The fourth-order valence-corrected chi connectivity index (χ4v) is 2.32. The van der Waals surface area contributed by atoms with E-state index in [4.69, 9.17) is 0 Å². The molecular weight excluding hydrogens is 238 g/mol. The van der Waals surface area contributed by atoms with E-state index in [0.29, 0.717) is 12.2 Å². The first kappa shape index (κ1) is 13.6. The van der Waals surface area contributed by atoms with E-state index in [-0.39, 0.29) is 5.91 Å². The molecule has 1 aliphatic heterocycles. The highest BCUT2D eigenvalue weighted by Crippen LogP contribution is 2.19. The Kier molecular flexibility index (Phi) is 4.95. The first-order valence-electron chi connectivity index (χ1n) is 6.91. The molecule has 0 saturated carbocycles. The van der Waals surface area contributed by atoms with E-state index < -0.39 is 0 Å². The van der Waals surface area contributed by atoms with Gasteiger partial charge in [-0.15, -0.1) is 6.58 Å². The van der Waals surface area contributed by atoms with E-state index in [9.17, 15) is 4.79 Å². The Morgan fingerprint density at radius 2 is 2.11 bits per heavy atom. The number of hydrogen-bond acceptors (Lipinski definition) is 3. The van der Waals surface area contributed by atoms with Gasteiger partial charge >= 0.3 is 0 Å². The minimum atomic E-state index is -0.142. The average Bonchev–Trinajstić information content (AvgIpc) is 2.74. The van der Waals surface area contributed by atoms with Crippen molar-refractivity contribution in [3.63, 3.8) is 0 Å². The number of carbonyl (C=O) groups excluding carboxylic acids is 1. The molecule has 0 aromatic carbocycles. The first-order chi connectivity index (χ1) is 9.31. The molecule has 1 aromatic heterocycles. The third kappa shape index (κ3) is 3.81. The van der Waals surface area contributed by atoms with E-state index in [0.717, 1.165) is 18.8 Å². The number of hydrogen-bond donors (Lipinski definition) is 1. The summed E-state index contributed by atoms with van der Waals surface area (Å²) in [6, 6.07) is 3.86. The largest absolute Gasteiger partial charge is 0.371 e. The Balaban J connectivity index is 2.09. The maximum Gasteiger partial charge on any atom is 0.270 e. The summed E-state index contributed by atoms with van der Waals surface area (Å²) < 4.78 is 0. The second-order valence-electron chi connectivity index (χ2n) is 4.80. The van der Waals surface area contributed by atoms with Gasteiger partial charge in [0.25, 0.3) is 5.91 Å². The third-order valence-corrected chi connectivity index (χ3v) is 3.35. The lowest BCUT2D eigenvalue weighted by Gasteiger charge is -2.22. The van der Waals surface area contributed by atoms with Crippen LogP contribution in [-0.4, -0.2) is 30.5 Å². The summed E-state index contributed by atoms with van der Waals surface area (Å²) in [6.45, 7) is 6.19. The standard InChI is InChI=1S/C15H21N3O/c1-2-8-17-15(19)14-12-13(7-9-16-14)18-10-5-3-4-6-11-18/h2,7,9,12H,1,3-6,8,10-11H2,(H,17,19). The zero-order valence-corrected chi connectivity index (χ0v) is 11.3. The monoisotopic (exact) mass is 259 g/mol. The Morgan fingerprint density at radius 3 is 2.79 bits per heavy atom. The van der Waals surface area contributed by atoms with Crippen molar-refractivity contribution < 1.29 is 4.79 Å². The number of pyridine rings is 1. The van der Waals surface area contributed by atoms with Gasteiger partial charge in [-0.1, -0.05) is 18.9 Å². The fourth-order valence-electron chi connectivity index (χ4n) is 2.32. The molecule has 2 rings (SSSR count). The van der Waals surface area contributed by atoms with Gasteiger partial charge in [0.2, 0.25) is 0 Å². The first-order valence-corrected chi connectivity index (χ1v) is 6.91. The predicted octanol–water partition coefficient (Wildman–Crippen LogP) is 2.38. The van der Waals surface area contributed by atoms with Gasteiger partial charge in [0.05, 0.1) is 0 Å². The minimum absolute atomic E-state index is 0.142. The fraction of sp³-hybridized carbons (Fsp3) is 0.467. The summed E-state index contributed by atoms with van der Waals surface area (Å²) >= 11 is 0. The molecule has 0 unspecified atom stereocenters. The molecule has 1 aromatic rings. The Bertz CT molecular complexity index is 437.